The first-order chi connectivity index (χ1) is 8.97. The van der Waals surface area contributed by atoms with E-state index in [4.69, 9.17) is 4.74 Å². The van der Waals surface area contributed by atoms with Crippen LogP contribution in [-0.2, 0) is 4.79 Å². The first-order valence-corrected chi connectivity index (χ1v) is 7.04. The zero-order valence-electron chi connectivity index (χ0n) is 12.1. The standard InChI is InChI=1S/C16H23NO2/c1-10(2)19-14-7-5-13(6-8-14)12(4)17-16(18)15-9-11(15)3/h5-8,10-12,15H,9H2,1-4H3,(H,17,18). The molecular formula is C16H23NO2. The van der Waals surface area contributed by atoms with Gasteiger partial charge in [-0.15, -0.1) is 0 Å². The summed E-state index contributed by atoms with van der Waals surface area (Å²) >= 11 is 0. The molecule has 0 spiro atoms. The van der Waals surface area contributed by atoms with Crippen LogP contribution in [0.2, 0.25) is 0 Å². The summed E-state index contributed by atoms with van der Waals surface area (Å²) < 4.78 is 5.60. The maximum absolute atomic E-state index is 11.9. The second kappa shape index (κ2) is 5.64. The summed E-state index contributed by atoms with van der Waals surface area (Å²) in [7, 11) is 0. The van der Waals surface area contributed by atoms with Gasteiger partial charge in [-0.3, -0.25) is 4.79 Å². The second-order valence-electron chi connectivity index (χ2n) is 5.79. The van der Waals surface area contributed by atoms with Crippen LogP contribution in [0.5, 0.6) is 5.75 Å². The van der Waals surface area contributed by atoms with Crippen molar-refractivity contribution in [2.45, 2.75) is 46.3 Å². The van der Waals surface area contributed by atoms with Crippen molar-refractivity contribution in [2.75, 3.05) is 0 Å². The number of benzene rings is 1. The van der Waals surface area contributed by atoms with Gasteiger partial charge in [0.05, 0.1) is 12.1 Å². The summed E-state index contributed by atoms with van der Waals surface area (Å²) in [4.78, 5) is 11.9. The van der Waals surface area contributed by atoms with Crippen LogP contribution < -0.4 is 10.1 Å². The summed E-state index contributed by atoms with van der Waals surface area (Å²) in [6.45, 7) is 8.15. The van der Waals surface area contributed by atoms with Crippen molar-refractivity contribution < 1.29 is 9.53 Å². The number of ether oxygens (including phenoxy) is 1. The summed E-state index contributed by atoms with van der Waals surface area (Å²) in [6.07, 6.45) is 1.21. The van der Waals surface area contributed by atoms with Crippen molar-refractivity contribution in [1.29, 1.82) is 0 Å². The summed E-state index contributed by atoms with van der Waals surface area (Å²) in [5.74, 6) is 1.83. The van der Waals surface area contributed by atoms with Crippen LogP contribution in [0.25, 0.3) is 0 Å². The van der Waals surface area contributed by atoms with Crippen molar-refractivity contribution in [3.8, 4) is 5.75 Å². The Balaban J connectivity index is 1.91. The Morgan fingerprint density at radius 3 is 2.32 bits per heavy atom. The van der Waals surface area contributed by atoms with Crippen LogP contribution in [0.4, 0.5) is 0 Å². The number of carbonyl (C=O) groups excluding carboxylic acids is 1. The first kappa shape index (κ1) is 13.9. The molecular weight excluding hydrogens is 238 g/mol. The molecule has 104 valence electrons. The third-order valence-corrected chi connectivity index (χ3v) is 3.56. The Bertz CT molecular complexity index is 439. The van der Waals surface area contributed by atoms with Crippen LogP contribution in [0, 0.1) is 11.8 Å². The fourth-order valence-electron chi connectivity index (χ4n) is 2.20. The highest BCUT2D eigenvalue weighted by Gasteiger charge is 2.39. The largest absolute Gasteiger partial charge is 0.491 e. The molecule has 1 aliphatic carbocycles. The minimum Gasteiger partial charge on any atom is -0.491 e. The lowest BCUT2D eigenvalue weighted by Crippen LogP contribution is -2.28. The average molecular weight is 261 g/mol. The van der Waals surface area contributed by atoms with Gasteiger partial charge < -0.3 is 10.1 Å². The molecule has 1 aliphatic rings. The molecule has 1 amide bonds. The molecule has 3 nitrogen and oxygen atoms in total. The Labute approximate surface area is 115 Å². The van der Waals surface area contributed by atoms with E-state index >= 15 is 0 Å². The van der Waals surface area contributed by atoms with E-state index in [0.29, 0.717) is 5.92 Å². The van der Waals surface area contributed by atoms with Crippen molar-refractivity contribution >= 4 is 5.91 Å². The van der Waals surface area contributed by atoms with Crippen LogP contribution >= 0.6 is 0 Å². The zero-order chi connectivity index (χ0) is 14.0. The molecule has 0 heterocycles. The minimum atomic E-state index is 0.0494. The third kappa shape index (κ3) is 3.72. The molecule has 1 aromatic carbocycles. The normalized spacial score (nSPS) is 23.0. The van der Waals surface area contributed by atoms with Gasteiger partial charge in [0.1, 0.15) is 5.75 Å². The Morgan fingerprint density at radius 1 is 1.26 bits per heavy atom. The minimum absolute atomic E-state index is 0.0494. The Kier molecular flexibility index (Phi) is 4.13. The van der Waals surface area contributed by atoms with Gasteiger partial charge in [-0.05, 0) is 50.8 Å². The van der Waals surface area contributed by atoms with Gasteiger partial charge in [-0.2, -0.15) is 0 Å². The lowest BCUT2D eigenvalue weighted by Gasteiger charge is -2.15. The summed E-state index contributed by atoms with van der Waals surface area (Å²) in [6, 6.07) is 7.99. The van der Waals surface area contributed by atoms with Gasteiger partial charge in [-0.1, -0.05) is 19.1 Å². The van der Waals surface area contributed by atoms with E-state index < -0.39 is 0 Å². The van der Waals surface area contributed by atoms with Crippen LogP contribution in [0.3, 0.4) is 0 Å². The molecule has 1 aromatic rings. The topological polar surface area (TPSA) is 38.3 Å². The maximum atomic E-state index is 11.9. The molecule has 0 bridgehead atoms. The van der Waals surface area contributed by atoms with E-state index in [1.165, 1.54) is 0 Å². The quantitative estimate of drug-likeness (QED) is 0.883. The SMILES string of the molecule is CC(C)Oc1ccc(C(C)NC(=O)C2CC2C)cc1. The second-order valence-corrected chi connectivity index (χ2v) is 5.79. The van der Waals surface area contributed by atoms with Crippen LogP contribution in [0.15, 0.2) is 24.3 Å². The van der Waals surface area contributed by atoms with Crippen molar-refractivity contribution in [3.05, 3.63) is 29.8 Å². The first-order valence-electron chi connectivity index (χ1n) is 7.04. The average Bonchev–Trinajstić information content (AvgIpc) is 3.06. The lowest BCUT2D eigenvalue weighted by atomic mass is 10.1. The van der Waals surface area contributed by atoms with Gasteiger partial charge in [0, 0.05) is 5.92 Å². The molecule has 19 heavy (non-hydrogen) atoms. The van der Waals surface area contributed by atoms with Crippen molar-refractivity contribution in [2.24, 2.45) is 11.8 Å². The Hall–Kier alpha value is -1.51. The van der Waals surface area contributed by atoms with Crippen molar-refractivity contribution in [3.63, 3.8) is 0 Å². The summed E-state index contributed by atoms with van der Waals surface area (Å²) in [5, 5.41) is 3.07. The predicted molar refractivity (Wildman–Crippen MR) is 76.0 cm³/mol. The number of hydrogen-bond donors (Lipinski definition) is 1. The molecule has 3 heteroatoms. The molecule has 1 saturated carbocycles. The highest BCUT2D eigenvalue weighted by molar-refractivity contribution is 5.81. The van der Waals surface area contributed by atoms with E-state index in [9.17, 15) is 4.79 Å². The highest BCUT2D eigenvalue weighted by atomic mass is 16.5. The maximum Gasteiger partial charge on any atom is 0.223 e. The van der Waals surface area contributed by atoms with E-state index in [1.807, 2.05) is 45.0 Å². The number of rotatable bonds is 5. The van der Waals surface area contributed by atoms with E-state index in [2.05, 4.69) is 12.2 Å². The molecule has 0 aliphatic heterocycles. The lowest BCUT2D eigenvalue weighted by molar-refractivity contribution is -0.123. The number of hydrogen-bond acceptors (Lipinski definition) is 2. The monoisotopic (exact) mass is 261 g/mol. The molecule has 1 N–H and O–H groups in total. The Morgan fingerprint density at radius 2 is 1.84 bits per heavy atom. The summed E-state index contributed by atoms with van der Waals surface area (Å²) in [5.41, 5.74) is 1.11. The van der Waals surface area contributed by atoms with E-state index in [1.54, 1.807) is 0 Å². The molecule has 0 aromatic heterocycles. The van der Waals surface area contributed by atoms with E-state index in [0.717, 1.165) is 17.7 Å². The predicted octanol–water partition coefficient (Wildman–Crippen LogP) is 3.31. The van der Waals surface area contributed by atoms with E-state index in [-0.39, 0.29) is 24.0 Å². The molecule has 0 radical (unpaired) electrons. The molecule has 1 fully saturated rings. The van der Waals surface area contributed by atoms with Gasteiger partial charge >= 0.3 is 0 Å². The van der Waals surface area contributed by atoms with Crippen LogP contribution in [-0.4, -0.2) is 12.0 Å². The third-order valence-electron chi connectivity index (χ3n) is 3.56. The fourth-order valence-corrected chi connectivity index (χ4v) is 2.20. The zero-order valence-corrected chi connectivity index (χ0v) is 12.1. The van der Waals surface area contributed by atoms with Gasteiger partial charge in [0.15, 0.2) is 0 Å². The number of carbonyl (C=O) groups is 1. The molecule has 2 rings (SSSR count). The number of nitrogens with one attached hydrogen (secondary N) is 1. The molecule has 3 unspecified atom stereocenters. The van der Waals surface area contributed by atoms with Crippen LogP contribution in [0.1, 0.15) is 45.7 Å². The molecule has 3 atom stereocenters. The smallest absolute Gasteiger partial charge is 0.223 e. The van der Waals surface area contributed by atoms with Gasteiger partial charge in [0.25, 0.3) is 0 Å². The fraction of sp³-hybridized carbons (Fsp3) is 0.562. The van der Waals surface area contributed by atoms with Gasteiger partial charge in [-0.25, -0.2) is 0 Å². The molecule has 0 saturated heterocycles. The number of amides is 1. The van der Waals surface area contributed by atoms with Gasteiger partial charge in [0.2, 0.25) is 5.91 Å². The highest BCUT2D eigenvalue weighted by Crippen LogP contribution is 2.38. The van der Waals surface area contributed by atoms with Crippen molar-refractivity contribution in [1.82, 2.24) is 5.32 Å².